The fraction of sp³-hybridized carbons (Fsp3) is 0.217. The molecule has 0 fully saturated rings. The van der Waals surface area contributed by atoms with Gasteiger partial charge in [-0.3, -0.25) is 4.68 Å². The van der Waals surface area contributed by atoms with Crippen molar-refractivity contribution < 1.29 is 5.11 Å². The molecule has 28 heavy (non-hydrogen) atoms. The Bertz CT molecular complexity index is 1090. The van der Waals surface area contributed by atoms with E-state index in [0.29, 0.717) is 6.54 Å². The summed E-state index contributed by atoms with van der Waals surface area (Å²) in [4.78, 5) is 4.74. The second-order valence-electron chi connectivity index (χ2n) is 6.95. The molecule has 142 valence electrons. The Hall–Kier alpha value is -3.34. The third kappa shape index (κ3) is 3.20. The van der Waals surface area contributed by atoms with E-state index in [1.165, 1.54) is 11.3 Å². The van der Waals surface area contributed by atoms with Crippen LogP contribution in [0.25, 0.3) is 22.5 Å². The van der Waals surface area contributed by atoms with Gasteiger partial charge in [-0.05, 0) is 45.0 Å². The van der Waals surface area contributed by atoms with Crippen molar-refractivity contribution in [2.24, 2.45) is 0 Å². The summed E-state index contributed by atoms with van der Waals surface area (Å²) >= 11 is 0. The summed E-state index contributed by atoms with van der Waals surface area (Å²) in [5.41, 5.74) is 7.52. The third-order valence-corrected chi connectivity index (χ3v) is 5.19. The molecule has 0 aliphatic heterocycles. The average Bonchev–Trinajstić information content (AvgIpc) is 3.25. The molecule has 0 aliphatic carbocycles. The summed E-state index contributed by atoms with van der Waals surface area (Å²) in [6, 6.07) is 17.5. The first-order valence-electron chi connectivity index (χ1n) is 9.51. The van der Waals surface area contributed by atoms with Crippen LogP contribution in [0.3, 0.4) is 0 Å². The van der Waals surface area contributed by atoms with Gasteiger partial charge in [0, 0.05) is 28.9 Å². The Morgan fingerprint density at radius 2 is 1.64 bits per heavy atom. The van der Waals surface area contributed by atoms with Crippen molar-refractivity contribution in [3.05, 3.63) is 77.9 Å². The van der Waals surface area contributed by atoms with E-state index in [1.54, 1.807) is 12.1 Å². The largest absolute Gasteiger partial charge is 0.508 e. The lowest BCUT2D eigenvalue weighted by atomic mass is 10.0. The van der Waals surface area contributed by atoms with Crippen molar-refractivity contribution in [3.8, 4) is 28.3 Å². The first kappa shape index (κ1) is 18.0. The topological polar surface area (TPSA) is 55.9 Å². The molecule has 2 aromatic carbocycles. The molecule has 2 aromatic heterocycles. The van der Waals surface area contributed by atoms with E-state index in [-0.39, 0.29) is 5.75 Å². The molecule has 0 aliphatic rings. The van der Waals surface area contributed by atoms with E-state index < -0.39 is 0 Å². The van der Waals surface area contributed by atoms with Gasteiger partial charge in [0.25, 0.3) is 0 Å². The minimum absolute atomic E-state index is 0.256. The molecule has 4 rings (SSSR count). The number of phenols is 1. The van der Waals surface area contributed by atoms with Crippen LogP contribution in [0.2, 0.25) is 0 Å². The lowest BCUT2D eigenvalue weighted by Crippen LogP contribution is -2.04. The summed E-state index contributed by atoms with van der Waals surface area (Å²) in [5.74, 6) is 0.256. The van der Waals surface area contributed by atoms with Gasteiger partial charge in [0.05, 0.1) is 30.0 Å². The molecule has 0 atom stereocenters. The Morgan fingerprint density at radius 3 is 2.29 bits per heavy atom. The van der Waals surface area contributed by atoms with Crippen LogP contribution in [-0.2, 0) is 13.1 Å². The van der Waals surface area contributed by atoms with Crippen LogP contribution in [0, 0.1) is 13.8 Å². The Morgan fingerprint density at radius 1 is 0.929 bits per heavy atom. The Kier molecular flexibility index (Phi) is 4.74. The van der Waals surface area contributed by atoms with E-state index >= 15 is 0 Å². The van der Waals surface area contributed by atoms with E-state index in [1.807, 2.05) is 41.3 Å². The molecule has 5 nitrogen and oxygen atoms in total. The fourth-order valence-corrected chi connectivity index (χ4v) is 3.67. The van der Waals surface area contributed by atoms with Crippen LogP contribution in [0.5, 0.6) is 5.75 Å². The predicted octanol–water partition coefficient (Wildman–Crippen LogP) is 4.80. The zero-order chi connectivity index (χ0) is 19.7. The van der Waals surface area contributed by atoms with Gasteiger partial charge in [-0.2, -0.15) is 5.10 Å². The second-order valence-corrected chi connectivity index (χ2v) is 6.95. The molecule has 0 saturated carbocycles. The van der Waals surface area contributed by atoms with Crippen LogP contribution in [0.15, 0.2) is 60.9 Å². The molecule has 0 unspecified atom stereocenters. The summed E-state index contributed by atoms with van der Waals surface area (Å²) in [6.07, 6.45) is 1.90. The first-order chi connectivity index (χ1) is 13.6. The average molecular weight is 372 g/mol. The number of nitrogens with zero attached hydrogens (tertiary/aromatic N) is 4. The van der Waals surface area contributed by atoms with Crippen LogP contribution >= 0.6 is 0 Å². The molecule has 4 aromatic rings. The zero-order valence-corrected chi connectivity index (χ0v) is 16.4. The molecular formula is C23H24N4O. The van der Waals surface area contributed by atoms with E-state index in [4.69, 9.17) is 4.98 Å². The summed E-state index contributed by atoms with van der Waals surface area (Å²) in [7, 11) is 0. The summed E-state index contributed by atoms with van der Waals surface area (Å²) in [6.45, 7) is 7.85. The quantitative estimate of drug-likeness (QED) is 0.547. The smallest absolute Gasteiger partial charge is 0.115 e. The number of hydrogen-bond donors (Lipinski definition) is 1. The number of hydrogen-bond acceptors (Lipinski definition) is 3. The van der Waals surface area contributed by atoms with Crippen LogP contribution < -0.4 is 0 Å². The van der Waals surface area contributed by atoms with Crippen molar-refractivity contribution in [2.75, 3.05) is 0 Å². The van der Waals surface area contributed by atoms with Gasteiger partial charge < -0.3 is 9.67 Å². The Balaban J connectivity index is 1.85. The summed E-state index contributed by atoms with van der Waals surface area (Å²) in [5, 5.41) is 14.4. The summed E-state index contributed by atoms with van der Waals surface area (Å²) < 4.78 is 4.21. The van der Waals surface area contributed by atoms with E-state index in [2.05, 4.69) is 42.6 Å². The first-order valence-corrected chi connectivity index (χ1v) is 9.51. The third-order valence-electron chi connectivity index (χ3n) is 5.19. The van der Waals surface area contributed by atoms with Crippen molar-refractivity contribution in [3.63, 3.8) is 0 Å². The minimum atomic E-state index is 0.256. The molecular weight excluding hydrogens is 348 g/mol. The van der Waals surface area contributed by atoms with Crippen molar-refractivity contribution in [1.82, 2.24) is 19.3 Å². The monoisotopic (exact) mass is 372 g/mol. The van der Waals surface area contributed by atoms with E-state index in [9.17, 15) is 5.11 Å². The Labute approximate surface area is 164 Å². The number of aromatic nitrogens is 4. The molecule has 0 amide bonds. The molecule has 0 radical (unpaired) electrons. The second kappa shape index (κ2) is 7.35. The van der Waals surface area contributed by atoms with Crippen LogP contribution in [0.4, 0.5) is 0 Å². The van der Waals surface area contributed by atoms with Gasteiger partial charge in [-0.15, -0.1) is 0 Å². The number of imidazole rings is 1. The van der Waals surface area contributed by atoms with Gasteiger partial charge in [0.15, 0.2) is 0 Å². The van der Waals surface area contributed by atoms with Gasteiger partial charge in [-0.1, -0.05) is 30.3 Å². The van der Waals surface area contributed by atoms with Gasteiger partial charge in [0.2, 0.25) is 0 Å². The highest BCUT2D eigenvalue weighted by atomic mass is 16.3. The lowest BCUT2D eigenvalue weighted by Gasteiger charge is -2.12. The number of aromatic hydroxyl groups is 1. The molecule has 1 N–H and O–H groups in total. The molecule has 0 bridgehead atoms. The zero-order valence-electron chi connectivity index (χ0n) is 16.4. The van der Waals surface area contributed by atoms with Crippen molar-refractivity contribution >= 4 is 0 Å². The maximum Gasteiger partial charge on any atom is 0.115 e. The number of phenolic OH excluding ortho intramolecular Hbond substituents is 1. The van der Waals surface area contributed by atoms with Crippen molar-refractivity contribution in [2.45, 2.75) is 33.9 Å². The number of aryl methyl sites for hydroxylation is 2. The molecule has 5 heteroatoms. The van der Waals surface area contributed by atoms with Gasteiger partial charge >= 0.3 is 0 Å². The van der Waals surface area contributed by atoms with Crippen molar-refractivity contribution in [1.29, 1.82) is 0 Å². The molecule has 0 spiro atoms. The SMILES string of the molecule is CCn1nc(C)c(Cn2cnc(-c3ccccc3)c2-c2ccc(O)cc2)c1C. The number of rotatable bonds is 5. The number of benzene rings is 2. The fourth-order valence-electron chi connectivity index (χ4n) is 3.67. The lowest BCUT2D eigenvalue weighted by molar-refractivity contribution is 0.475. The minimum Gasteiger partial charge on any atom is -0.508 e. The van der Waals surface area contributed by atoms with Gasteiger partial charge in [0.1, 0.15) is 5.75 Å². The highest BCUT2D eigenvalue weighted by molar-refractivity contribution is 5.78. The molecule has 2 heterocycles. The standard InChI is InChI=1S/C23H24N4O/c1-4-27-17(3)21(16(2)25-27)14-26-15-24-22(18-8-6-5-7-9-18)23(26)19-10-12-20(28)13-11-19/h5-13,15,28H,4,14H2,1-3H3. The van der Waals surface area contributed by atoms with Crippen LogP contribution in [-0.4, -0.2) is 24.4 Å². The van der Waals surface area contributed by atoms with Gasteiger partial charge in [-0.25, -0.2) is 4.98 Å². The maximum absolute atomic E-state index is 9.71. The highest BCUT2D eigenvalue weighted by Crippen LogP contribution is 2.33. The highest BCUT2D eigenvalue weighted by Gasteiger charge is 2.18. The van der Waals surface area contributed by atoms with Crippen LogP contribution in [0.1, 0.15) is 23.9 Å². The predicted molar refractivity (Wildman–Crippen MR) is 111 cm³/mol. The maximum atomic E-state index is 9.71. The normalized spacial score (nSPS) is 11.1. The van der Waals surface area contributed by atoms with E-state index in [0.717, 1.165) is 34.8 Å². The molecule has 0 saturated heterocycles.